The van der Waals surface area contributed by atoms with Gasteiger partial charge in [-0.05, 0) is 25.0 Å². The summed E-state index contributed by atoms with van der Waals surface area (Å²) in [6.45, 7) is 0.756. The first-order valence-electron chi connectivity index (χ1n) is 5.82. The van der Waals surface area contributed by atoms with Gasteiger partial charge in [0.25, 0.3) is 5.91 Å². The average Bonchev–Trinajstić information content (AvgIpc) is 2.37. The summed E-state index contributed by atoms with van der Waals surface area (Å²) in [5.41, 5.74) is 0.330. The molecule has 0 bridgehead atoms. The Bertz CT molecular complexity index is 501. The standard InChI is InChI=1S/C12H12Cl2N2O3/c13-9-4-8(5-10(14)15-9)11(17)16-3-1-2-7(6-16)12(18)19/h4-5,7H,1-3,6H2,(H,18,19). The summed E-state index contributed by atoms with van der Waals surface area (Å²) in [6.07, 6.45) is 1.27. The van der Waals surface area contributed by atoms with Gasteiger partial charge in [0.1, 0.15) is 10.3 Å². The van der Waals surface area contributed by atoms with Gasteiger partial charge in [-0.15, -0.1) is 0 Å². The van der Waals surface area contributed by atoms with Gasteiger partial charge in [0.15, 0.2) is 0 Å². The number of carbonyl (C=O) groups excluding carboxylic acids is 1. The lowest BCUT2D eigenvalue weighted by molar-refractivity contribution is -0.143. The maximum absolute atomic E-state index is 12.3. The van der Waals surface area contributed by atoms with E-state index in [1.54, 1.807) is 0 Å². The Morgan fingerprint density at radius 2 is 1.95 bits per heavy atom. The van der Waals surface area contributed by atoms with Crippen LogP contribution in [0.1, 0.15) is 23.2 Å². The number of carboxylic acid groups (broad SMARTS) is 1. The molecule has 1 aromatic rings. The Labute approximate surface area is 120 Å². The van der Waals surface area contributed by atoms with E-state index in [9.17, 15) is 9.59 Å². The Balaban J connectivity index is 2.16. The van der Waals surface area contributed by atoms with Crippen LogP contribution >= 0.6 is 23.2 Å². The molecule has 0 aliphatic carbocycles. The highest BCUT2D eigenvalue weighted by atomic mass is 35.5. The zero-order valence-electron chi connectivity index (χ0n) is 9.97. The molecule has 19 heavy (non-hydrogen) atoms. The van der Waals surface area contributed by atoms with Crippen molar-refractivity contribution in [2.45, 2.75) is 12.8 Å². The molecule has 5 nitrogen and oxygen atoms in total. The SMILES string of the molecule is O=C(O)C1CCCN(C(=O)c2cc(Cl)nc(Cl)c2)C1. The molecule has 102 valence electrons. The van der Waals surface area contributed by atoms with E-state index in [0.717, 1.165) is 0 Å². The summed E-state index contributed by atoms with van der Waals surface area (Å²) in [5.74, 6) is -1.65. The molecule has 0 aromatic carbocycles. The second-order valence-electron chi connectivity index (χ2n) is 4.43. The second-order valence-corrected chi connectivity index (χ2v) is 5.20. The minimum absolute atomic E-state index is 0.141. The van der Waals surface area contributed by atoms with E-state index in [2.05, 4.69) is 4.98 Å². The Morgan fingerprint density at radius 3 is 2.53 bits per heavy atom. The summed E-state index contributed by atoms with van der Waals surface area (Å²) >= 11 is 11.5. The molecule has 0 spiro atoms. The highest BCUT2D eigenvalue weighted by Crippen LogP contribution is 2.21. The van der Waals surface area contributed by atoms with Gasteiger partial charge in [0.05, 0.1) is 5.92 Å². The third kappa shape index (κ3) is 3.36. The number of nitrogens with zero attached hydrogens (tertiary/aromatic N) is 2. The lowest BCUT2D eigenvalue weighted by Gasteiger charge is -2.30. The number of aromatic nitrogens is 1. The molecule has 1 aliphatic rings. The number of carboxylic acids is 1. The van der Waals surface area contributed by atoms with Crippen LogP contribution in [0.15, 0.2) is 12.1 Å². The first-order valence-corrected chi connectivity index (χ1v) is 6.58. The van der Waals surface area contributed by atoms with Gasteiger partial charge in [-0.3, -0.25) is 9.59 Å². The molecule has 1 atom stereocenters. The molecule has 2 rings (SSSR count). The van der Waals surface area contributed by atoms with Crippen LogP contribution in [0.4, 0.5) is 0 Å². The Morgan fingerprint density at radius 1 is 1.32 bits per heavy atom. The van der Waals surface area contributed by atoms with Gasteiger partial charge in [-0.2, -0.15) is 0 Å². The summed E-state index contributed by atoms with van der Waals surface area (Å²) in [5, 5.41) is 9.29. The van der Waals surface area contributed by atoms with Crippen LogP contribution in [-0.2, 0) is 4.79 Å². The predicted octanol–water partition coefficient (Wildman–Crippen LogP) is 2.33. The summed E-state index contributed by atoms with van der Waals surface area (Å²) < 4.78 is 0. The van der Waals surface area contributed by atoms with Crippen molar-refractivity contribution in [3.05, 3.63) is 28.0 Å². The quantitative estimate of drug-likeness (QED) is 0.851. The van der Waals surface area contributed by atoms with Crippen molar-refractivity contribution in [2.24, 2.45) is 5.92 Å². The second kappa shape index (κ2) is 5.75. The van der Waals surface area contributed by atoms with Gasteiger partial charge in [-0.25, -0.2) is 4.98 Å². The third-order valence-corrected chi connectivity index (χ3v) is 3.45. The van der Waals surface area contributed by atoms with Crippen molar-refractivity contribution in [2.75, 3.05) is 13.1 Å². The number of rotatable bonds is 2. The molecule has 1 amide bonds. The van der Waals surface area contributed by atoms with E-state index in [1.807, 2.05) is 0 Å². The molecule has 1 aromatic heterocycles. The van der Waals surface area contributed by atoms with Gasteiger partial charge in [0, 0.05) is 18.7 Å². The van der Waals surface area contributed by atoms with E-state index < -0.39 is 11.9 Å². The molecule has 1 aliphatic heterocycles. The lowest BCUT2D eigenvalue weighted by Crippen LogP contribution is -2.42. The number of hydrogen-bond acceptors (Lipinski definition) is 3. The van der Waals surface area contributed by atoms with Crippen molar-refractivity contribution in [3.63, 3.8) is 0 Å². The lowest BCUT2D eigenvalue weighted by atomic mass is 9.98. The fourth-order valence-corrected chi connectivity index (χ4v) is 2.59. The third-order valence-electron chi connectivity index (χ3n) is 3.07. The number of carbonyl (C=O) groups is 2. The molecule has 0 saturated carbocycles. The summed E-state index contributed by atoms with van der Waals surface area (Å²) in [6, 6.07) is 2.86. The fraction of sp³-hybridized carbons (Fsp3) is 0.417. The molecule has 1 saturated heterocycles. The normalized spacial score (nSPS) is 19.3. The number of piperidine rings is 1. The van der Waals surface area contributed by atoms with Crippen molar-refractivity contribution < 1.29 is 14.7 Å². The topological polar surface area (TPSA) is 70.5 Å². The number of likely N-dealkylation sites (tertiary alicyclic amines) is 1. The molecule has 2 heterocycles. The van der Waals surface area contributed by atoms with E-state index >= 15 is 0 Å². The molecule has 1 N–H and O–H groups in total. The summed E-state index contributed by atoms with van der Waals surface area (Å²) in [7, 11) is 0. The van der Waals surface area contributed by atoms with E-state index in [1.165, 1.54) is 17.0 Å². The number of aliphatic carboxylic acids is 1. The van der Waals surface area contributed by atoms with Crippen LogP contribution in [0.3, 0.4) is 0 Å². The number of hydrogen-bond donors (Lipinski definition) is 1. The van der Waals surface area contributed by atoms with Gasteiger partial charge < -0.3 is 10.0 Å². The fourth-order valence-electron chi connectivity index (χ4n) is 2.13. The molecule has 1 fully saturated rings. The smallest absolute Gasteiger partial charge is 0.308 e. The highest BCUT2D eigenvalue weighted by molar-refractivity contribution is 6.33. The van der Waals surface area contributed by atoms with Crippen molar-refractivity contribution in [1.82, 2.24) is 9.88 Å². The molecular weight excluding hydrogens is 291 g/mol. The average molecular weight is 303 g/mol. The van der Waals surface area contributed by atoms with Gasteiger partial charge in [-0.1, -0.05) is 23.2 Å². The number of amides is 1. The van der Waals surface area contributed by atoms with Crippen LogP contribution in [-0.4, -0.2) is 40.0 Å². The van der Waals surface area contributed by atoms with Crippen molar-refractivity contribution in [1.29, 1.82) is 0 Å². The predicted molar refractivity (Wildman–Crippen MR) is 70.5 cm³/mol. The minimum Gasteiger partial charge on any atom is -0.481 e. The monoisotopic (exact) mass is 302 g/mol. The van der Waals surface area contributed by atoms with E-state index in [4.69, 9.17) is 28.3 Å². The van der Waals surface area contributed by atoms with Crippen LogP contribution in [0.2, 0.25) is 10.3 Å². The Kier molecular flexibility index (Phi) is 4.27. The van der Waals surface area contributed by atoms with Gasteiger partial charge in [0.2, 0.25) is 0 Å². The zero-order valence-corrected chi connectivity index (χ0v) is 11.5. The summed E-state index contributed by atoms with van der Waals surface area (Å²) in [4.78, 5) is 28.5. The zero-order chi connectivity index (χ0) is 14.0. The maximum atomic E-state index is 12.3. The van der Waals surface area contributed by atoms with E-state index in [0.29, 0.717) is 24.9 Å². The Hall–Kier alpha value is -1.33. The minimum atomic E-state index is -0.872. The van der Waals surface area contributed by atoms with Crippen LogP contribution in [0.5, 0.6) is 0 Å². The van der Waals surface area contributed by atoms with Gasteiger partial charge >= 0.3 is 5.97 Å². The molecular formula is C12H12Cl2N2O3. The first kappa shape index (κ1) is 14.1. The largest absolute Gasteiger partial charge is 0.481 e. The maximum Gasteiger partial charge on any atom is 0.308 e. The highest BCUT2D eigenvalue weighted by Gasteiger charge is 2.28. The van der Waals surface area contributed by atoms with Crippen molar-refractivity contribution >= 4 is 35.1 Å². The molecule has 1 unspecified atom stereocenters. The van der Waals surface area contributed by atoms with Crippen LogP contribution in [0, 0.1) is 5.92 Å². The number of halogens is 2. The van der Waals surface area contributed by atoms with Crippen LogP contribution in [0.25, 0.3) is 0 Å². The van der Waals surface area contributed by atoms with Crippen LogP contribution < -0.4 is 0 Å². The molecule has 7 heteroatoms. The first-order chi connectivity index (χ1) is 8.97. The molecule has 0 radical (unpaired) electrons. The van der Waals surface area contributed by atoms with E-state index in [-0.39, 0.29) is 22.8 Å². The number of pyridine rings is 1. The van der Waals surface area contributed by atoms with Crippen molar-refractivity contribution in [3.8, 4) is 0 Å².